The first-order chi connectivity index (χ1) is 6.74. The lowest BCUT2D eigenvalue weighted by Crippen LogP contribution is -2.00. The predicted molar refractivity (Wildman–Crippen MR) is 49.9 cm³/mol. The van der Waals surface area contributed by atoms with E-state index in [2.05, 4.69) is 10.1 Å². The third kappa shape index (κ3) is 1.87. The Labute approximate surface area is 80.2 Å². The molecule has 0 aliphatic rings. The van der Waals surface area contributed by atoms with E-state index < -0.39 is 5.95 Å². The molecular weight excluding hydrogens is 183 g/mol. The molecule has 2 heterocycles. The van der Waals surface area contributed by atoms with Gasteiger partial charge in [0.05, 0.1) is 18.4 Å². The SMILES string of the molecule is Nc1cnn(Cc2ccc(F)nc2)c1. The molecule has 0 fully saturated rings. The summed E-state index contributed by atoms with van der Waals surface area (Å²) in [6.45, 7) is 0.546. The summed E-state index contributed by atoms with van der Waals surface area (Å²) in [4.78, 5) is 3.54. The minimum Gasteiger partial charge on any atom is -0.396 e. The monoisotopic (exact) mass is 192 g/mol. The molecule has 2 aromatic rings. The first-order valence-electron chi connectivity index (χ1n) is 4.12. The van der Waals surface area contributed by atoms with E-state index in [1.807, 2.05) is 0 Å². The van der Waals surface area contributed by atoms with Crippen molar-refractivity contribution in [1.29, 1.82) is 0 Å². The second-order valence-electron chi connectivity index (χ2n) is 2.96. The van der Waals surface area contributed by atoms with E-state index in [4.69, 9.17) is 5.73 Å². The number of anilines is 1. The number of nitrogen functional groups attached to an aromatic ring is 1. The average molecular weight is 192 g/mol. The van der Waals surface area contributed by atoms with E-state index in [1.165, 1.54) is 12.3 Å². The van der Waals surface area contributed by atoms with Crippen molar-refractivity contribution in [2.24, 2.45) is 0 Å². The zero-order chi connectivity index (χ0) is 9.97. The van der Waals surface area contributed by atoms with Gasteiger partial charge in [0.2, 0.25) is 5.95 Å². The zero-order valence-corrected chi connectivity index (χ0v) is 7.39. The summed E-state index contributed by atoms with van der Waals surface area (Å²) in [6, 6.07) is 2.99. The Kier molecular flexibility index (Phi) is 2.14. The van der Waals surface area contributed by atoms with Crippen LogP contribution in [0.3, 0.4) is 0 Å². The van der Waals surface area contributed by atoms with Crippen LogP contribution in [0.2, 0.25) is 0 Å². The van der Waals surface area contributed by atoms with Gasteiger partial charge in [-0.15, -0.1) is 0 Å². The quantitative estimate of drug-likeness (QED) is 0.723. The van der Waals surface area contributed by atoms with Gasteiger partial charge < -0.3 is 5.73 Å². The van der Waals surface area contributed by atoms with Gasteiger partial charge in [-0.25, -0.2) is 4.98 Å². The minimum absolute atomic E-state index is 0.478. The first kappa shape index (κ1) is 8.68. The highest BCUT2D eigenvalue weighted by Gasteiger charge is 1.98. The summed E-state index contributed by atoms with van der Waals surface area (Å²) in [5.41, 5.74) is 6.99. The number of nitrogens with two attached hydrogens (primary N) is 1. The van der Waals surface area contributed by atoms with Gasteiger partial charge in [-0.1, -0.05) is 6.07 Å². The van der Waals surface area contributed by atoms with E-state index in [0.29, 0.717) is 12.2 Å². The number of hydrogen-bond donors (Lipinski definition) is 1. The molecule has 0 atom stereocenters. The topological polar surface area (TPSA) is 56.7 Å². The summed E-state index contributed by atoms with van der Waals surface area (Å²) in [6.07, 6.45) is 4.76. The molecule has 0 aliphatic carbocycles. The fraction of sp³-hybridized carbons (Fsp3) is 0.111. The Bertz CT molecular complexity index is 421. The molecular formula is C9H9FN4. The number of rotatable bonds is 2. The molecule has 0 aromatic carbocycles. The van der Waals surface area contributed by atoms with Crippen molar-refractivity contribution in [3.8, 4) is 0 Å². The Hall–Kier alpha value is -1.91. The van der Waals surface area contributed by atoms with Gasteiger partial charge in [0, 0.05) is 12.4 Å². The zero-order valence-electron chi connectivity index (χ0n) is 7.39. The van der Waals surface area contributed by atoms with E-state index in [1.54, 1.807) is 23.1 Å². The number of aromatic nitrogens is 3. The smallest absolute Gasteiger partial charge is 0.212 e. The molecule has 72 valence electrons. The van der Waals surface area contributed by atoms with Gasteiger partial charge in [0.1, 0.15) is 0 Å². The molecule has 2 N–H and O–H groups in total. The fourth-order valence-electron chi connectivity index (χ4n) is 1.15. The highest BCUT2D eigenvalue weighted by Crippen LogP contribution is 2.04. The molecule has 5 heteroatoms. The van der Waals surface area contributed by atoms with E-state index in [-0.39, 0.29) is 0 Å². The van der Waals surface area contributed by atoms with Crippen LogP contribution in [0.15, 0.2) is 30.7 Å². The third-order valence-electron chi connectivity index (χ3n) is 1.79. The van der Waals surface area contributed by atoms with Crippen LogP contribution in [0, 0.1) is 5.95 Å². The molecule has 0 spiro atoms. The maximum absolute atomic E-state index is 12.5. The van der Waals surface area contributed by atoms with Crippen LogP contribution in [0.1, 0.15) is 5.56 Å². The van der Waals surface area contributed by atoms with Crippen LogP contribution in [0.25, 0.3) is 0 Å². The second kappa shape index (κ2) is 3.45. The van der Waals surface area contributed by atoms with Gasteiger partial charge in [-0.2, -0.15) is 9.49 Å². The normalized spacial score (nSPS) is 10.4. The van der Waals surface area contributed by atoms with Crippen molar-refractivity contribution >= 4 is 5.69 Å². The van der Waals surface area contributed by atoms with Crippen LogP contribution >= 0.6 is 0 Å². The molecule has 4 nitrogen and oxygen atoms in total. The molecule has 2 rings (SSSR count). The van der Waals surface area contributed by atoms with E-state index >= 15 is 0 Å². The second-order valence-corrected chi connectivity index (χ2v) is 2.96. The Morgan fingerprint density at radius 2 is 2.21 bits per heavy atom. The molecule has 0 aliphatic heterocycles. The predicted octanol–water partition coefficient (Wildman–Crippen LogP) is 1.05. The summed E-state index contributed by atoms with van der Waals surface area (Å²) < 4.78 is 14.1. The molecule has 0 radical (unpaired) electrons. The molecule has 0 amide bonds. The van der Waals surface area contributed by atoms with Crippen LogP contribution in [0.4, 0.5) is 10.1 Å². The summed E-state index contributed by atoms with van der Waals surface area (Å²) in [7, 11) is 0. The molecule has 0 saturated heterocycles. The van der Waals surface area contributed by atoms with Gasteiger partial charge in [-0.3, -0.25) is 4.68 Å². The fourth-order valence-corrected chi connectivity index (χ4v) is 1.15. The Morgan fingerprint density at radius 3 is 2.79 bits per heavy atom. The van der Waals surface area contributed by atoms with Crippen LogP contribution in [-0.2, 0) is 6.54 Å². The van der Waals surface area contributed by atoms with Crippen molar-refractivity contribution < 1.29 is 4.39 Å². The summed E-state index contributed by atoms with van der Waals surface area (Å²) >= 11 is 0. The lowest BCUT2D eigenvalue weighted by molar-refractivity contribution is 0.579. The largest absolute Gasteiger partial charge is 0.396 e. The number of nitrogens with zero attached hydrogens (tertiary/aromatic N) is 3. The maximum atomic E-state index is 12.5. The Balaban J connectivity index is 2.15. The minimum atomic E-state index is -0.478. The van der Waals surface area contributed by atoms with E-state index in [9.17, 15) is 4.39 Å². The standard InChI is InChI=1S/C9H9FN4/c10-9-2-1-7(3-12-9)5-14-6-8(11)4-13-14/h1-4,6H,5,11H2. The van der Waals surface area contributed by atoms with Crippen molar-refractivity contribution in [2.45, 2.75) is 6.54 Å². The van der Waals surface area contributed by atoms with Crippen molar-refractivity contribution in [2.75, 3.05) is 5.73 Å². The molecule has 0 saturated carbocycles. The number of halogens is 1. The van der Waals surface area contributed by atoms with Gasteiger partial charge >= 0.3 is 0 Å². The molecule has 0 unspecified atom stereocenters. The highest BCUT2D eigenvalue weighted by atomic mass is 19.1. The summed E-state index contributed by atoms with van der Waals surface area (Å²) in [5.74, 6) is -0.478. The lowest BCUT2D eigenvalue weighted by Gasteiger charge is -2.00. The van der Waals surface area contributed by atoms with Gasteiger partial charge in [0.15, 0.2) is 0 Å². The maximum Gasteiger partial charge on any atom is 0.212 e. The first-order valence-corrected chi connectivity index (χ1v) is 4.12. The van der Waals surface area contributed by atoms with Crippen LogP contribution in [-0.4, -0.2) is 14.8 Å². The summed E-state index contributed by atoms with van der Waals surface area (Å²) in [5, 5.41) is 4.00. The van der Waals surface area contributed by atoms with Gasteiger partial charge in [-0.05, 0) is 11.6 Å². The highest BCUT2D eigenvalue weighted by molar-refractivity contribution is 5.30. The van der Waals surface area contributed by atoms with Crippen molar-refractivity contribution in [1.82, 2.24) is 14.8 Å². The number of pyridine rings is 1. The Morgan fingerprint density at radius 1 is 1.36 bits per heavy atom. The van der Waals surface area contributed by atoms with Crippen LogP contribution < -0.4 is 5.73 Å². The third-order valence-corrected chi connectivity index (χ3v) is 1.79. The van der Waals surface area contributed by atoms with Crippen molar-refractivity contribution in [3.05, 3.63) is 42.2 Å². The average Bonchev–Trinajstić information content (AvgIpc) is 2.56. The number of hydrogen-bond acceptors (Lipinski definition) is 3. The lowest BCUT2D eigenvalue weighted by atomic mass is 10.3. The van der Waals surface area contributed by atoms with Crippen molar-refractivity contribution in [3.63, 3.8) is 0 Å². The van der Waals surface area contributed by atoms with Crippen LogP contribution in [0.5, 0.6) is 0 Å². The molecule has 14 heavy (non-hydrogen) atoms. The van der Waals surface area contributed by atoms with E-state index in [0.717, 1.165) is 5.56 Å². The van der Waals surface area contributed by atoms with Gasteiger partial charge in [0.25, 0.3) is 0 Å². The molecule has 0 bridgehead atoms. The molecule has 2 aromatic heterocycles.